The van der Waals surface area contributed by atoms with Crippen LogP contribution in [0.15, 0.2) is 29.8 Å². The molecule has 0 aromatic heterocycles. The minimum Gasteiger partial charge on any atom is -0.495 e. The largest absolute Gasteiger partial charge is 0.495 e. The lowest BCUT2D eigenvalue weighted by Crippen LogP contribution is -2.30. The van der Waals surface area contributed by atoms with Crippen LogP contribution < -0.4 is 30.7 Å². The van der Waals surface area contributed by atoms with Gasteiger partial charge < -0.3 is 30.7 Å². The lowest BCUT2D eigenvalue weighted by molar-refractivity contribution is -0.121. The molecule has 1 unspecified atom stereocenters. The van der Waals surface area contributed by atoms with Crippen LogP contribution in [0.1, 0.15) is 77.2 Å². The van der Waals surface area contributed by atoms with Gasteiger partial charge in [0.2, 0.25) is 11.8 Å². The maximum atomic E-state index is 12.7. The van der Waals surface area contributed by atoms with Crippen LogP contribution in [0.25, 0.3) is 16.8 Å². The van der Waals surface area contributed by atoms with Crippen molar-refractivity contribution in [1.82, 2.24) is 21.3 Å². The van der Waals surface area contributed by atoms with Crippen molar-refractivity contribution in [3.05, 3.63) is 40.4 Å². The number of benzene rings is 2. The van der Waals surface area contributed by atoms with Gasteiger partial charge in [0.05, 0.1) is 25.3 Å². The molecule has 2 aromatic carbocycles. The predicted molar refractivity (Wildman–Crippen MR) is 168 cm³/mol. The second kappa shape index (κ2) is 16.9. The molecule has 0 bridgehead atoms. The van der Waals surface area contributed by atoms with E-state index in [-0.39, 0.29) is 29.9 Å². The molecule has 230 valence electrons. The van der Waals surface area contributed by atoms with Crippen molar-refractivity contribution in [2.24, 2.45) is 0 Å². The first-order valence-corrected chi connectivity index (χ1v) is 15.3. The van der Waals surface area contributed by atoms with E-state index in [1.54, 1.807) is 27.2 Å². The smallest absolute Gasteiger partial charge is 0.315 e. The molecule has 42 heavy (non-hydrogen) atoms. The summed E-state index contributed by atoms with van der Waals surface area (Å²) in [6.45, 7) is 5.00. The van der Waals surface area contributed by atoms with Crippen LogP contribution in [-0.4, -0.2) is 57.2 Å². The average molecular weight is 601 g/mol. The molecule has 1 heterocycles. The highest BCUT2D eigenvalue weighted by atomic mass is 35.5. The molecule has 3 rings (SSSR count). The summed E-state index contributed by atoms with van der Waals surface area (Å²) in [6, 6.07) is 7.94. The van der Waals surface area contributed by atoms with Crippen LogP contribution >= 0.6 is 11.6 Å². The van der Waals surface area contributed by atoms with E-state index in [1.165, 1.54) is 0 Å². The van der Waals surface area contributed by atoms with Crippen molar-refractivity contribution in [2.45, 2.75) is 83.7 Å². The van der Waals surface area contributed by atoms with E-state index in [1.807, 2.05) is 31.2 Å². The number of rotatable bonds is 17. The Morgan fingerprint density at radius 2 is 1.52 bits per heavy atom. The minimum atomic E-state index is -0.160. The standard InChI is InChI=1S/C32H45ClN4O5/c1-21(20-25-28(33)30(42-4)24-15-11-10-14-23(24)29(25)41-3)31(39)35-19-13-6-5-12-18-34-27(38)17-9-7-8-16-26-22(2)36-32(40)37-26/h10-11,14-15,20,22,26H,5-9,12-13,16-19H2,1-4H3,(H,34,38)(H,35,39)(H2,36,37,40)/t22-,26?/m0/s1. The maximum absolute atomic E-state index is 12.7. The molecule has 4 N–H and O–H groups in total. The van der Waals surface area contributed by atoms with Crippen LogP contribution in [-0.2, 0) is 9.59 Å². The van der Waals surface area contributed by atoms with Crippen LogP contribution in [0.4, 0.5) is 4.79 Å². The van der Waals surface area contributed by atoms with Gasteiger partial charge in [0.1, 0.15) is 11.5 Å². The Morgan fingerprint density at radius 3 is 2.14 bits per heavy atom. The third kappa shape index (κ3) is 9.28. The number of ether oxygens (including phenoxy) is 2. The molecule has 0 aliphatic carbocycles. The quantitative estimate of drug-likeness (QED) is 0.137. The van der Waals surface area contributed by atoms with Crippen LogP contribution in [0.3, 0.4) is 0 Å². The SMILES string of the molecule is COc1c(Cl)c(C=C(C)C(=O)NCCCCCCNC(=O)CCCCCC2NC(=O)N[C@H]2C)c(OC)c2ccccc12. The first kappa shape index (κ1) is 33.0. The van der Waals surface area contributed by atoms with Crippen LogP contribution in [0.5, 0.6) is 11.5 Å². The number of nitrogens with one attached hydrogen (secondary N) is 4. The van der Waals surface area contributed by atoms with E-state index >= 15 is 0 Å². The van der Waals surface area contributed by atoms with Crippen molar-refractivity contribution < 1.29 is 23.9 Å². The Kier molecular flexibility index (Phi) is 13.3. The van der Waals surface area contributed by atoms with Crippen molar-refractivity contribution in [3.63, 3.8) is 0 Å². The number of halogens is 1. The molecule has 1 fully saturated rings. The predicted octanol–water partition coefficient (Wildman–Crippen LogP) is 5.73. The summed E-state index contributed by atoms with van der Waals surface area (Å²) in [5.41, 5.74) is 1.13. The van der Waals surface area contributed by atoms with E-state index in [4.69, 9.17) is 21.1 Å². The summed E-state index contributed by atoms with van der Waals surface area (Å²) in [6.07, 6.45) is 9.74. The summed E-state index contributed by atoms with van der Waals surface area (Å²) in [5, 5.41) is 13.8. The van der Waals surface area contributed by atoms with E-state index < -0.39 is 0 Å². The summed E-state index contributed by atoms with van der Waals surface area (Å²) in [5.74, 6) is 1.07. The number of hydrogen-bond acceptors (Lipinski definition) is 5. The fourth-order valence-corrected chi connectivity index (χ4v) is 5.57. The Hall–Kier alpha value is -3.46. The highest BCUT2D eigenvalue weighted by Gasteiger charge is 2.26. The second-order valence-corrected chi connectivity index (χ2v) is 11.2. The third-order valence-electron chi connectivity index (χ3n) is 7.63. The van der Waals surface area contributed by atoms with E-state index in [0.29, 0.717) is 47.2 Å². The van der Waals surface area contributed by atoms with E-state index in [9.17, 15) is 14.4 Å². The van der Waals surface area contributed by atoms with Gasteiger partial charge in [-0.2, -0.15) is 0 Å². The number of methoxy groups -OCH3 is 2. The fraction of sp³-hybridized carbons (Fsp3) is 0.531. The van der Waals surface area contributed by atoms with Gasteiger partial charge in [-0.15, -0.1) is 0 Å². The van der Waals surface area contributed by atoms with Gasteiger partial charge in [0.25, 0.3) is 0 Å². The van der Waals surface area contributed by atoms with Crippen molar-refractivity contribution in [2.75, 3.05) is 27.3 Å². The molecule has 1 aliphatic heterocycles. The van der Waals surface area contributed by atoms with Crippen molar-refractivity contribution in [1.29, 1.82) is 0 Å². The third-order valence-corrected chi connectivity index (χ3v) is 8.01. The van der Waals surface area contributed by atoms with Gasteiger partial charge >= 0.3 is 6.03 Å². The van der Waals surface area contributed by atoms with Crippen LogP contribution in [0, 0.1) is 0 Å². The Labute approximate surface area is 254 Å². The first-order chi connectivity index (χ1) is 20.3. The first-order valence-electron chi connectivity index (χ1n) is 14.9. The lowest BCUT2D eigenvalue weighted by atomic mass is 10.0. The molecule has 9 nitrogen and oxygen atoms in total. The molecular formula is C32H45ClN4O5. The van der Waals surface area contributed by atoms with Gasteiger partial charge in [0, 0.05) is 47.5 Å². The average Bonchev–Trinajstić information content (AvgIpc) is 3.30. The monoisotopic (exact) mass is 600 g/mol. The molecular weight excluding hydrogens is 556 g/mol. The van der Waals surface area contributed by atoms with E-state index in [2.05, 4.69) is 21.3 Å². The number of hydrogen-bond donors (Lipinski definition) is 4. The maximum Gasteiger partial charge on any atom is 0.315 e. The zero-order chi connectivity index (χ0) is 30.5. The molecule has 2 atom stereocenters. The number of urea groups is 1. The molecule has 0 saturated carbocycles. The van der Waals surface area contributed by atoms with Crippen molar-refractivity contribution in [3.8, 4) is 11.5 Å². The van der Waals surface area contributed by atoms with Crippen LogP contribution in [0.2, 0.25) is 5.02 Å². The van der Waals surface area contributed by atoms with Gasteiger partial charge in [-0.05, 0) is 45.6 Å². The summed E-state index contributed by atoms with van der Waals surface area (Å²) < 4.78 is 11.2. The second-order valence-electron chi connectivity index (χ2n) is 10.8. The number of unbranched alkanes of at least 4 members (excludes halogenated alkanes) is 5. The topological polar surface area (TPSA) is 118 Å². The Bertz CT molecular complexity index is 1270. The normalized spacial score (nSPS) is 16.6. The zero-order valence-electron chi connectivity index (χ0n) is 25.2. The zero-order valence-corrected chi connectivity index (χ0v) is 26.0. The molecule has 0 spiro atoms. The number of fused-ring (bicyclic) bond motifs is 1. The van der Waals surface area contributed by atoms with Crippen molar-refractivity contribution >= 4 is 46.3 Å². The summed E-state index contributed by atoms with van der Waals surface area (Å²) in [7, 11) is 3.16. The van der Waals surface area contributed by atoms with Gasteiger partial charge in [0.15, 0.2) is 0 Å². The molecule has 4 amide bonds. The van der Waals surface area contributed by atoms with E-state index in [0.717, 1.165) is 62.1 Å². The molecule has 2 aromatic rings. The Balaban J connectivity index is 1.30. The number of carbonyl (C=O) groups is 3. The fourth-order valence-electron chi connectivity index (χ4n) is 5.25. The number of carbonyl (C=O) groups excluding carboxylic acids is 3. The molecule has 1 aliphatic rings. The van der Waals surface area contributed by atoms with Gasteiger partial charge in [-0.1, -0.05) is 61.5 Å². The van der Waals surface area contributed by atoms with Gasteiger partial charge in [-0.3, -0.25) is 9.59 Å². The minimum absolute atomic E-state index is 0.0921. The summed E-state index contributed by atoms with van der Waals surface area (Å²) in [4.78, 5) is 36.1. The highest BCUT2D eigenvalue weighted by Crippen LogP contribution is 2.44. The number of amides is 4. The molecule has 10 heteroatoms. The van der Waals surface area contributed by atoms with Gasteiger partial charge in [-0.25, -0.2) is 4.79 Å². The highest BCUT2D eigenvalue weighted by molar-refractivity contribution is 6.35. The Morgan fingerprint density at radius 1 is 0.905 bits per heavy atom. The molecule has 1 saturated heterocycles. The lowest BCUT2D eigenvalue weighted by Gasteiger charge is -2.16. The summed E-state index contributed by atoms with van der Waals surface area (Å²) >= 11 is 6.67. The molecule has 0 radical (unpaired) electrons.